The molecule has 0 aliphatic carbocycles. The molecule has 0 amide bonds. The van der Waals surface area contributed by atoms with Gasteiger partial charge in [-0.1, -0.05) is 0 Å². The molecule has 1 aromatic heterocycles. The van der Waals surface area contributed by atoms with Crippen molar-refractivity contribution in [1.82, 2.24) is 14.8 Å². The van der Waals surface area contributed by atoms with E-state index in [0.717, 1.165) is 42.8 Å². The van der Waals surface area contributed by atoms with Crippen LogP contribution in [0.25, 0.3) is 10.9 Å². The van der Waals surface area contributed by atoms with E-state index in [-0.39, 0.29) is 5.56 Å². The summed E-state index contributed by atoms with van der Waals surface area (Å²) in [6.07, 6.45) is 0. The molecule has 2 heterocycles. The second kappa shape index (κ2) is 6.41. The van der Waals surface area contributed by atoms with Gasteiger partial charge in [-0.05, 0) is 31.3 Å². The number of piperazine rings is 1. The number of fused-ring (bicyclic) bond motifs is 1. The van der Waals surface area contributed by atoms with Crippen molar-refractivity contribution in [2.45, 2.75) is 6.04 Å². The number of hydrogen-bond acceptors (Lipinski definition) is 5. The highest BCUT2D eigenvalue weighted by atomic mass is 16.5. The lowest BCUT2D eigenvalue weighted by molar-refractivity contribution is 0.132. The van der Waals surface area contributed by atoms with Gasteiger partial charge >= 0.3 is 0 Å². The largest absolute Gasteiger partial charge is 0.497 e. The fraction of sp³-hybridized carbons (Fsp3) is 0.412. The Morgan fingerprint density at radius 1 is 1.26 bits per heavy atom. The summed E-state index contributed by atoms with van der Waals surface area (Å²) in [6, 6.07) is 9.07. The number of ether oxygens (including phenoxy) is 1. The van der Waals surface area contributed by atoms with E-state index in [4.69, 9.17) is 4.74 Å². The summed E-state index contributed by atoms with van der Waals surface area (Å²) in [6.45, 7) is 3.36. The number of benzene rings is 1. The average molecular weight is 312 g/mol. The lowest BCUT2D eigenvalue weighted by Crippen LogP contribution is -2.46. The summed E-state index contributed by atoms with van der Waals surface area (Å²) in [4.78, 5) is 19.6. The highest BCUT2D eigenvalue weighted by molar-refractivity contribution is 5.80. The first-order valence-electron chi connectivity index (χ1n) is 7.65. The van der Waals surface area contributed by atoms with E-state index < -0.39 is 6.04 Å². The van der Waals surface area contributed by atoms with Crippen LogP contribution in [-0.4, -0.2) is 55.1 Å². The molecule has 1 aliphatic heterocycles. The zero-order chi connectivity index (χ0) is 16.4. The van der Waals surface area contributed by atoms with E-state index in [9.17, 15) is 10.1 Å². The van der Waals surface area contributed by atoms with E-state index in [2.05, 4.69) is 27.9 Å². The van der Waals surface area contributed by atoms with Crippen LogP contribution in [0.4, 0.5) is 0 Å². The summed E-state index contributed by atoms with van der Waals surface area (Å²) >= 11 is 0. The van der Waals surface area contributed by atoms with Gasteiger partial charge in [-0.15, -0.1) is 0 Å². The maximum atomic E-state index is 12.4. The van der Waals surface area contributed by atoms with Gasteiger partial charge in [0.1, 0.15) is 11.8 Å². The molecule has 0 radical (unpaired) electrons. The smallest absolute Gasteiger partial charge is 0.254 e. The fourth-order valence-corrected chi connectivity index (χ4v) is 2.96. The number of methoxy groups -OCH3 is 1. The van der Waals surface area contributed by atoms with E-state index in [1.807, 2.05) is 18.2 Å². The van der Waals surface area contributed by atoms with Gasteiger partial charge < -0.3 is 14.6 Å². The molecule has 1 aromatic carbocycles. The second-order valence-electron chi connectivity index (χ2n) is 5.88. The number of likely N-dealkylation sites (N-methyl/N-ethyl adjacent to an activating group) is 1. The van der Waals surface area contributed by atoms with Crippen molar-refractivity contribution in [3.05, 3.63) is 40.2 Å². The number of pyridine rings is 1. The predicted molar refractivity (Wildman–Crippen MR) is 88.5 cm³/mol. The van der Waals surface area contributed by atoms with Crippen molar-refractivity contribution >= 4 is 10.9 Å². The van der Waals surface area contributed by atoms with Crippen molar-refractivity contribution in [1.29, 1.82) is 5.26 Å². The van der Waals surface area contributed by atoms with Crippen LogP contribution in [0.2, 0.25) is 0 Å². The minimum absolute atomic E-state index is 0.201. The van der Waals surface area contributed by atoms with Gasteiger partial charge in [-0.2, -0.15) is 5.26 Å². The standard InChI is InChI=1S/C17H20N4O2/c1-20-5-7-21(8-6-20)16(11-18)14-10-12-9-13(23-2)3-4-15(12)19-17(14)22/h3-4,9-10,16H,5-8H2,1-2H3,(H,19,22). The number of nitrogens with one attached hydrogen (secondary N) is 1. The van der Waals surface area contributed by atoms with Gasteiger partial charge in [-0.3, -0.25) is 9.69 Å². The van der Waals surface area contributed by atoms with Crippen LogP contribution in [-0.2, 0) is 0 Å². The Morgan fingerprint density at radius 3 is 2.65 bits per heavy atom. The zero-order valence-electron chi connectivity index (χ0n) is 13.4. The van der Waals surface area contributed by atoms with Gasteiger partial charge in [0, 0.05) is 42.6 Å². The second-order valence-corrected chi connectivity index (χ2v) is 5.88. The first kappa shape index (κ1) is 15.5. The highest BCUT2D eigenvalue weighted by Crippen LogP contribution is 2.23. The van der Waals surface area contributed by atoms with Crippen molar-refractivity contribution in [2.24, 2.45) is 0 Å². The normalized spacial score (nSPS) is 17.8. The molecule has 6 heteroatoms. The molecule has 6 nitrogen and oxygen atoms in total. The molecule has 3 rings (SSSR count). The number of nitrogens with zero attached hydrogens (tertiary/aromatic N) is 3. The lowest BCUT2D eigenvalue weighted by Gasteiger charge is -2.34. The summed E-state index contributed by atoms with van der Waals surface area (Å²) in [7, 11) is 3.67. The molecule has 23 heavy (non-hydrogen) atoms. The minimum Gasteiger partial charge on any atom is -0.497 e. The number of H-pyrrole nitrogens is 1. The quantitative estimate of drug-likeness (QED) is 0.926. The Balaban J connectivity index is 2.01. The number of hydrogen-bond donors (Lipinski definition) is 1. The van der Waals surface area contributed by atoms with Crippen LogP contribution in [0.3, 0.4) is 0 Å². The Bertz CT molecular complexity index is 800. The van der Waals surface area contributed by atoms with Gasteiger partial charge in [0.05, 0.1) is 13.2 Å². The molecule has 1 fully saturated rings. The molecule has 0 saturated carbocycles. The molecule has 1 atom stereocenters. The van der Waals surface area contributed by atoms with Crippen LogP contribution >= 0.6 is 0 Å². The van der Waals surface area contributed by atoms with Crippen LogP contribution < -0.4 is 10.3 Å². The van der Waals surface area contributed by atoms with Gasteiger partial charge in [0.2, 0.25) is 0 Å². The van der Waals surface area contributed by atoms with Gasteiger partial charge in [0.25, 0.3) is 5.56 Å². The first-order valence-corrected chi connectivity index (χ1v) is 7.65. The summed E-state index contributed by atoms with van der Waals surface area (Å²) in [5, 5.41) is 10.5. The predicted octanol–water partition coefficient (Wildman–Crippen LogP) is 1.35. The Labute approximate surface area is 134 Å². The third-order valence-corrected chi connectivity index (χ3v) is 4.40. The van der Waals surface area contributed by atoms with E-state index in [0.29, 0.717) is 5.56 Å². The van der Waals surface area contributed by atoms with Crippen molar-refractivity contribution < 1.29 is 4.74 Å². The summed E-state index contributed by atoms with van der Waals surface area (Å²) < 4.78 is 5.23. The molecule has 1 N–H and O–H groups in total. The zero-order valence-corrected chi connectivity index (χ0v) is 13.4. The van der Waals surface area contributed by atoms with Gasteiger partial charge in [0.15, 0.2) is 0 Å². The fourth-order valence-electron chi connectivity index (χ4n) is 2.96. The van der Waals surface area contributed by atoms with Crippen molar-refractivity contribution in [2.75, 3.05) is 40.3 Å². The molecular weight excluding hydrogens is 292 g/mol. The molecule has 2 aromatic rings. The molecular formula is C17H20N4O2. The van der Waals surface area contributed by atoms with Gasteiger partial charge in [-0.25, -0.2) is 0 Å². The minimum atomic E-state index is -0.525. The Kier molecular flexibility index (Phi) is 4.33. The van der Waals surface area contributed by atoms with Crippen molar-refractivity contribution in [3.8, 4) is 11.8 Å². The number of nitriles is 1. The molecule has 1 aliphatic rings. The SMILES string of the molecule is COc1ccc2[nH]c(=O)c(C(C#N)N3CCN(C)CC3)cc2c1. The Hall–Kier alpha value is -2.36. The number of aromatic amines is 1. The van der Waals surface area contributed by atoms with Crippen LogP contribution in [0.15, 0.2) is 29.1 Å². The topological polar surface area (TPSA) is 72.4 Å². The van der Waals surface area contributed by atoms with Crippen LogP contribution in [0.5, 0.6) is 5.75 Å². The third-order valence-electron chi connectivity index (χ3n) is 4.40. The van der Waals surface area contributed by atoms with Crippen LogP contribution in [0, 0.1) is 11.3 Å². The maximum Gasteiger partial charge on any atom is 0.254 e. The highest BCUT2D eigenvalue weighted by Gasteiger charge is 2.26. The Morgan fingerprint density at radius 2 is 2.00 bits per heavy atom. The molecule has 1 saturated heterocycles. The maximum absolute atomic E-state index is 12.4. The number of rotatable bonds is 3. The van der Waals surface area contributed by atoms with Crippen LogP contribution in [0.1, 0.15) is 11.6 Å². The lowest BCUT2D eigenvalue weighted by atomic mass is 10.0. The summed E-state index contributed by atoms with van der Waals surface area (Å²) in [5.74, 6) is 0.726. The monoisotopic (exact) mass is 312 g/mol. The van der Waals surface area contributed by atoms with E-state index >= 15 is 0 Å². The molecule has 0 bridgehead atoms. The molecule has 120 valence electrons. The summed E-state index contributed by atoms with van der Waals surface area (Å²) in [5.41, 5.74) is 1.04. The third kappa shape index (κ3) is 3.07. The number of aromatic nitrogens is 1. The van der Waals surface area contributed by atoms with Crippen molar-refractivity contribution in [3.63, 3.8) is 0 Å². The average Bonchev–Trinajstić information content (AvgIpc) is 2.57. The molecule has 0 spiro atoms. The van der Waals surface area contributed by atoms with E-state index in [1.54, 1.807) is 13.2 Å². The van der Waals surface area contributed by atoms with E-state index in [1.165, 1.54) is 0 Å². The first-order chi connectivity index (χ1) is 11.1. The molecule has 1 unspecified atom stereocenters.